The average Bonchev–Trinajstić information content (AvgIpc) is 2.50. The molecule has 8 heteroatoms. The van der Waals surface area contributed by atoms with Gasteiger partial charge in [0.1, 0.15) is 6.23 Å². The van der Waals surface area contributed by atoms with Crippen LogP contribution in [0.15, 0.2) is 11.2 Å². The second kappa shape index (κ2) is 7.59. The summed E-state index contributed by atoms with van der Waals surface area (Å²) in [6, 6.07) is 4.22. The molecule has 0 N–H and O–H groups in total. The molecule has 1 aromatic rings. The topological polar surface area (TPSA) is 111 Å². The van der Waals surface area contributed by atoms with Crippen molar-refractivity contribution in [1.82, 2.24) is 9.97 Å². The zero-order chi connectivity index (χ0) is 15.9. The van der Waals surface area contributed by atoms with Crippen molar-refractivity contribution >= 4 is 5.95 Å². The number of hydrogen-bond donors (Lipinski definition) is 0. The smallest absolute Gasteiger partial charge is 0.227 e. The monoisotopic (exact) mass is 301 g/mol. The molecule has 2 atom stereocenters. The van der Waals surface area contributed by atoms with Crippen LogP contribution in [-0.2, 0) is 4.74 Å². The van der Waals surface area contributed by atoms with Gasteiger partial charge in [0.05, 0.1) is 18.6 Å². The van der Waals surface area contributed by atoms with Gasteiger partial charge < -0.3 is 9.64 Å². The lowest BCUT2D eigenvalue weighted by Gasteiger charge is -2.37. The van der Waals surface area contributed by atoms with E-state index in [1.807, 2.05) is 24.8 Å². The third-order valence-corrected chi connectivity index (χ3v) is 3.53. The highest BCUT2D eigenvalue weighted by Gasteiger charge is 2.30. The van der Waals surface area contributed by atoms with Crippen LogP contribution in [0.2, 0.25) is 0 Å². The summed E-state index contributed by atoms with van der Waals surface area (Å²) in [5, 5.41) is 12.6. The standard InChI is InChI=1S/C14H19N7O/c1-10-7-11(2)19-14(18-10)21-5-3-12(9-15)8-13(21)22-6-4-17-20-16/h7,12-13H,3-6,8H2,1-2H3. The molecule has 1 aromatic heterocycles. The molecule has 1 saturated heterocycles. The summed E-state index contributed by atoms with van der Waals surface area (Å²) >= 11 is 0. The van der Waals surface area contributed by atoms with E-state index >= 15 is 0 Å². The van der Waals surface area contributed by atoms with Gasteiger partial charge in [-0.15, -0.1) is 0 Å². The van der Waals surface area contributed by atoms with E-state index in [2.05, 4.69) is 26.1 Å². The predicted molar refractivity (Wildman–Crippen MR) is 80.9 cm³/mol. The van der Waals surface area contributed by atoms with Crippen molar-refractivity contribution in [3.05, 3.63) is 27.9 Å². The first kappa shape index (κ1) is 16.0. The van der Waals surface area contributed by atoms with Crippen LogP contribution in [0, 0.1) is 31.1 Å². The normalized spacial score (nSPS) is 21.0. The molecule has 1 aliphatic heterocycles. The largest absolute Gasteiger partial charge is 0.358 e. The van der Waals surface area contributed by atoms with Gasteiger partial charge >= 0.3 is 0 Å². The lowest BCUT2D eigenvalue weighted by molar-refractivity contribution is 0.0304. The molecular weight excluding hydrogens is 282 g/mol. The van der Waals surface area contributed by atoms with Gasteiger partial charge in [0.2, 0.25) is 5.95 Å². The Morgan fingerprint density at radius 1 is 1.50 bits per heavy atom. The van der Waals surface area contributed by atoms with Crippen LogP contribution >= 0.6 is 0 Å². The molecule has 1 aliphatic rings. The molecule has 8 nitrogen and oxygen atoms in total. The summed E-state index contributed by atoms with van der Waals surface area (Å²) in [5.41, 5.74) is 10.1. The van der Waals surface area contributed by atoms with E-state index in [0.29, 0.717) is 25.5 Å². The Morgan fingerprint density at radius 2 is 2.23 bits per heavy atom. The van der Waals surface area contributed by atoms with Gasteiger partial charge in [-0.3, -0.25) is 0 Å². The SMILES string of the molecule is Cc1cc(C)nc(N2CCC(C#N)CC2OCCN=[N+]=[N-])n1. The number of hydrogen-bond acceptors (Lipinski definition) is 6. The van der Waals surface area contributed by atoms with Crippen molar-refractivity contribution < 1.29 is 4.74 Å². The van der Waals surface area contributed by atoms with E-state index in [1.54, 1.807) is 0 Å². The lowest BCUT2D eigenvalue weighted by Crippen LogP contribution is -2.45. The Hall–Kier alpha value is -2.36. The minimum Gasteiger partial charge on any atom is -0.358 e. The van der Waals surface area contributed by atoms with Crippen LogP contribution in [-0.4, -0.2) is 35.9 Å². The highest BCUT2D eigenvalue weighted by Crippen LogP contribution is 2.26. The van der Waals surface area contributed by atoms with Gasteiger partial charge in [0.25, 0.3) is 0 Å². The number of aryl methyl sites for hydroxylation is 2. The Kier molecular flexibility index (Phi) is 5.53. The number of nitrogens with zero attached hydrogens (tertiary/aromatic N) is 7. The van der Waals surface area contributed by atoms with E-state index < -0.39 is 0 Å². The van der Waals surface area contributed by atoms with Crippen LogP contribution in [0.1, 0.15) is 24.2 Å². The van der Waals surface area contributed by atoms with Crippen molar-refractivity contribution in [3.63, 3.8) is 0 Å². The van der Waals surface area contributed by atoms with Crippen LogP contribution in [0.5, 0.6) is 0 Å². The number of piperidine rings is 1. The fraction of sp³-hybridized carbons (Fsp3) is 0.643. The first-order chi connectivity index (χ1) is 10.6. The van der Waals surface area contributed by atoms with E-state index in [1.165, 1.54) is 0 Å². The van der Waals surface area contributed by atoms with Crippen LogP contribution < -0.4 is 4.90 Å². The van der Waals surface area contributed by atoms with Crippen molar-refractivity contribution in [2.45, 2.75) is 32.9 Å². The highest BCUT2D eigenvalue weighted by atomic mass is 16.5. The molecule has 0 aliphatic carbocycles. The number of nitriles is 1. The van der Waals surface area contributed by atoms with Gasteiger partial charge in [0, 0.05) is 35.8 Å². The van der Waals surface area contributed by atoms with Gasteiger partial charge in [0.15, 0.2) is 0 Å². The Morgan fingerprint density at radius 3 is 2.86 bits per heavy atom. The fourth-order valence-corrected chi connectivity index (χ4v) is 2.54. The summed E-state index contributed by atoms with van der Waals surface area (Å²) < 4.78 is 5.79. The first-order valence-electron chi connectivity index (χ1n) is 7.25. The Balaban J connectivity index is 2.14. The minimum absolute atomic E-state index is 0.0355. The number of ether oxygens (including phenoxy) is 1. The molecule has 0 radical (unpaired) electrons. The molecule has 0 bridgehead atoms. The van der Waals surface area contributed by atoms with Gasteiger partial charge in [-0.05, 0) is 31.9 Å². The fourth-order valence-electron chi connectivity index (χ4n) is 2.54. The third kappa shape index (κ3) is 4.07. The molecule has 0 saturated carbocycles. The number of rotatable bonds is 5. The highest BCUT2D eigenvalue weighted by molar-refractivity contribution is 5.34. The molecule has 0 aromatic carbocycles. The second-order valence-electron chi connectivity index (χ2n) is 5.27. The maximum Gasteiger partial charge on any atom is 0.227 e. The molecule has 1 fully saturated rings. The maximum absolute atomic E-state index is 9.14. The van der Waals surface area contributed by atoms with E-state index in [4.69, 9.17) is 15.5 Å². The molecule has 2 heterocycles. The molecular formula is C14H19N7O. The maximum atomic E-state index is 9.14. The summed E-state index contributed by atoms with van der Waals surface area (Å²) in [4.78, 5) is 13.6. The molecule has 2 unspecified atom stereocenters. The zero-order valence-corrected chi connectivity index (χ0v) is 12.8. The quantitative estimate of drug-likeness (QED) is 0.359. The van der Waals surface area contributed by atoms with Gasteiger partial charge in [-0.1, -0.05) is 5.11 Å². The number of azide groups is 1. The average molecular weight is 301 g/mol. The molecule has 0 spiro atoms. The summed E-state index contributed by atoms with van der Waals surface area (Å²) in [5.74, 6) is 0.592. The van der Waals surface area contributed by atoms with Crippen LogP contribution in [0.25, 0.3) is 10.4 Å². The van der Waals surface area contributed by atoms with Crippen molar-refractivity contribution in [2.75, 3.05) is 24.6 Å². The van der Waals surface area contributed by atoms with Crippen molar-refractivity contribution in [1.29, 1.82) is 5.26 Å². The predicted octanol–water partition coefficient (Wildman–Crippen LogP) is 2.49. The van der Waals surface area contributed by atoms with Gasteiger partial charge in [-0.2, -0.15) is 5.26 Å². The van der Waals surface area contributed by atoms with Crippen molar-refractivity contribution in [2.24, 2.45) is 11.0 Å². The molecule has 0 amide bonds. The van der Waals surface area contributed by atoms with Crippen molar-refractivity contribution in [3.8, 4) is 6.07 Å². The number of aromatic nitrogens is 2. The Labute approximate surface area is 129 Å². The van der Waals surface area contributed by atoms with Crippen LogP contribution in [0.3, 0.4) is 0 Å². The zero-order valence-electron chi connectivity index (χ0n) is 12.8. The minimum atomic E-state index is -0.270. The first-order valence-corrected chi connectivity index (χ1v) is 7.25. The molecule has 116 valence electrons. The van der Waals surface area contributed by atoms with E-state index in [0.717, 1.165) is 17.8 Å². The van der Waals surface area contributed by atoms with Crippen LogP contribution in [0.4, 0.5) is 5.95 Å². The van der Waals surface area contributed by atoms with E-state index in [9.17, 15) is 0 Å². The molecule has 2 rings (SSSR count). The number of anilines is 1. The van der Waals surface area contributed by atoms with Gasteiger partial charge in [-0.25, -0.2) is 9.97 Å². The molecule has 22 heavy (non-hydrogen) atoms. The summed E-state index contributed by atoms with van der Waals surface area (Å²) in [7, 11) is 0. The van der Waals surface area contributed by atoms with E-state index in [-0.39, 0.29) is 18.7 Å². The lowest BCUT2D eigenvalue weighted by atomic mass is 9.97. The summed E-state index contributed by atoms with van der Waals surface area (Å²) in [6.45, 7) is 5.11. The Bertz CT molecular complexity index is 585. The summed E-state index contributed by atoms with van der Waals surface area (Å²) in [6.07, 6.45) is 1.10. The second-order valence-corrected chi connectivity index (χ2v) is 5.27. The third-order valence-electron chi connectivity index (χ3n) is 3.53.